The van der Waals surface area contributed by atoms with Crippen LogP contribution in [0.5, 0.6) is 17.2 Å². The molecule has 0 aromatic heterocycles. The summed E-state index contributed by atoms with van der Waals surface area (Å²) in [7, 11) is -9.28. The Bertz CT molecular complexity index is 2080. The van der Waals surface area contributed by atoms with E-state index in [0.717, 1.165) is 61.6 Å². The van der Waals surface area contributed by atoms with Crippen LogP contribution in [0.4, 0.5) is 0 Å². The van der Waals surface area contributed by atoms with Crippen LogP contribution in [-0.4, -0.2) is 34.5 Å². The van der Waals surface area contributed by atoms with Gasteiger partial charge in [-0.2, -0.15) is 0 Å². The smallest absolute Gasteiger partial charge is 0.466 e. The average Bonchev–Trinajstić information content (AvgIpc) is 2.99. The molecule has 5 aromatic carbocycles. The largest absolute Gasteiger partial charge is 0.507 e. The minimum atomic E-state index is -4.64. The molecule has 50 heavy (non-hydrogen) atoms. The van der Waals surface area contributed by atoms with Crippen molar-refractivity contribution in [1.82, 2.24) is 0 Å². The fourth-order valence-electron chi connectivity index (χ4n) is 5.52. The van der Waals surface area contributed by atoms with Gasteiger partial charge in [-0.1, -0.05) is 66.7 Å². The molecule has 5 rings (SSSR count). The lowest BCUT2D eigenvalue weighted by Crippen LogP contribution is -2.01. The van der Waals surface area contributed by atoms with Crippen molar-refractivity contribution >= 4 is 15.6 Å². The van der Waals surface area contributed by atoms with Crippen LogP contribution < -0.4 is 4.74 Å². The van der Waals surface area contributed by atoms with Crippen LogP contribution in [0.15, 0.2) is 78.9 Å². The Morgan fingerprint density at radius 3 is 1.24 bits per heavy atom. The molecular weight excluding hydrogens is 678 g/mol. The molecule has 0 fully saturated rings. The van der Waals surface area contributed by atoms with Gasteiger partial charge in [0.05, 0.1) is 0 Å². The number of benzene rings is 5. The van der Waals surface area contributed by atoms with Gasteiger partial charge in [0, 0.05) is 16.7 Å². The van der Waals surface area contributed by atoms with E-state index >= 15 is 0 Å². The Labute approximate surface area is 292 Å². The molecule has 0 saturated carbocycles. The summed E-state index contributed by atoms with van der Waals surface area (Å²) in [5.74, 6) is 1.81. The van der Waals surface area contributed by atoms with Crippen molar-refractivity contribution in [3.8, 4) is 50.6 Å². The minimum Gasteiger partial charge on any atom is -0.507 e. The number of hydrogen-bond acceptors (Lipinski definition) is 4. The predicted octanol–water partition coefficient (Wildman–Crippen LogP) is 8.80. The van der Waals surface area contributed by atoms with E-state index in [1.54, 1.807) is 0 Å². The summed E-state index contributed by atoms with van der Waals surface area (Å²) in [6.45, 7) is 17.0. The van der Waals surface area contributed by atoms with E-state index in [1.807, 2.05) is 18.2 Å². The van der Waals surface area contributed by atoms with Crippen LogP contribution in [0.3, 0.4) is 0 Å². The second kappa shape index (κ2) is 16.3. The lowest BCUT2D eigenvalue weighted by atomic mass is 9.83. The molecule has 0 aliphatic carbocycles. The molecule has 0 radical (unpaired) electrons. The van der Waals surface area contributed by atoms with E-state index in [0.29, 0.717) is 0 Å². The molecule has 0 saturated heterocycles. The van der Waals surface area contributed by atoms with Gasteiger partial charge in [0.2, 0.25) is 0 Å². The Kier molecular flexibility index (Phi) is 13.2. The normalized spacial score (nSPS) is 11.2. The Balaban J connectivity index is 0.000000595. The van der Waals surface area contributed by atoms with Gasteiger partial charge in [0.25, 0.3) is 0 Å². The number of aryl methyl sites for hydroxylation is 4. The van der Waals surface area contributed by atoms with Crippen molar-refractivity contribution in [2.45, 2.75) is 55.4 Å². The molecule has 0 aliphatic rings. The summed E-state index contributed by atoms with van der Waals surface area (Å²) in [6, 6.07) is 27.1. The average molecular weight is 723 g/mol. The van der Waals surface area contributed by atoms with Crippen LogP contribution >= 0.6 is 15.6 Å². The number of aromatic hydroxyl groups is 1. The molecule has 10 nitrogen and oxygen atoms in total. The number of phenols is 1. The zero-order valence-electron chi connectivity index (χ0n) is 29.3. The first-order valence-corrected chi connectivity index (χ1v) is 18.6. The zero-order chi connectivity index (χ0) is 37.7. The summed E-state index contributed by atoms with van der Waals surface area (Å²) >= 11 is 0. The Morgan fingerprint density at radius 2 is 0.800 bits per heavy atom. The first-order valence-electron chi connectivity index (χ1n) is 15.5. The van der Waals surface area contributed by atoms with E-state index in [1.165, 1.54) is 27.8 Å². The Hall–Kier alpha value is -4.08. The summed E-state index contributed by atoms with van der Waals surface area (Å²) < 4.78 is 24.8. The summed E-state index contributed by atoms with van der Waals surface area (Å²) in [6.07, 6.45) is 0. The molecule has 12 heteroatoms. The van der Waals surface area contributed by atoms with Gasteiger partial charge in [0.15, 0.2) is 0 Å². The number of phosphoric acid groups is 2. The van der Waals surface area contributed by atoms with Gasteiger partial charge < -0.3 is 39.2 Å². The van der Waals surface area contributed by atoms with E-state index in [-0.39, 0.29) is 5.75 Å². The highest BCUT2D eigenvalue weighted by molar-refractivity contribution is 7.45. The highest BCUT2D eigenvalue weighted by atomic mass is 31.2. The van der Waals surface area contributed by atoms with Crippen molar-refractivity contribution < 1.29 is 48.3 Å². The van der Waals surface area contributed by atoms with Crippen LogP contribution in [0.1, 0.15) is 44.5 Å². The second-order valence-electron chi connectivity index (χ2n) is 12.1. The lowest BCUT2D eigenvalue weighted by Gasteiger charge is -2.25. The summed E-state index contributed by atoms with van der Waals surface area (Å²) in [4.78, 5) is 43.1. The summed E-state index contributed by atoms with van der Waals surface area (Å²) in [5, 5.41) is 11.9. The molecule has 0 unspecified atom stereocenters. The fourth-order valence-corrected chi connectivity index (χ4v) is 5.52. The van der Waals surface area contributed by atoms with E-state index in [2.05, 4.69) is 116 Å². The van der Waals surface area contributed by atoms with Crippen molar-refractivity contribution in [1.29, 1.82) is 0 Å². The fraction of sp³-hybridized carbons (Fsp3) is 0.211. The molecule has 0 bridgehead atoms. The highest BCUT2D eigenvalue weighted by Gasteiger charge is 2.27. The third-order valence-electron chi connectivity index (χ3n) is 8.67. The monoisotopic (exact) mass is 722 g/mol. The highest BCUT2D eigenvalue weighted by Crippen LogP contribution is 2.53. The van der Waals surface area contributed by atoms with Crippen LogP contribution in [-0.2, 0) is 9.13 Å². The van der Waals surface area contributed by atoms with Crippen LogP contribution in [0, 0.1) is 55.4 Å². The first kappa shape index (κ1) is 40.4. The van der Waals surface area contributed by atoms with Gasteiger partial charge in [0.1, 0.15) is 17.2 Å². The molecule has 5 aromatic rings. The van der Waals surface area contributed by atoms with Crippen molar-refractivity contribution in [3.63, 3.8) is 0 Å². The van der Waals surface area contributed by atoms with Crippen molar-refractivity contribution in [2.75, 3.05) is 0 Å². The molecule has 0 amide bonds. The van der Waals surface area contributed by atoms with Crippen molar-refractivity contribution in [2.24, 2.45) is 0 Å². The molecule has 266 valence electrons. The second-order valence-corrected chi connectivity index (χ2v) is 14.1. The van der Waals surface area contributed by atoms with Gasteiger partial charge >= 0.3 is 15.6 Å². The number of ether oxygens (including phenoxy) is 1. The van der Waals surface area contributed by atoms with E-state index in [9.17, 15) is 5.11 Å². The zero-order valence-corrected chi connectivity index (χ0v) is 31.0. The molecule has 0 aliphatic heterocycles. The Morgan fingerprint density at radius 1 is 0.460 bits per heavy atom. The maximum Gasteiger partial charge on any atom is 0.466 e. The molecule has 0 heterocycles. The number of hydrogen-bond donors (Lipinski definition) is 7. The third-order valence-corrected chi connectivity index (χ3v) is 8.67. The maximum absolute atomic E-state index is 11.9. The van der Waals surface area contributed by atoms with Gasteiger partial charge in [-0.05, 0) is 129 Å². The number of phenolic OH excluding ortho intramolecular Hbond substituents is 1. The maximum atomic E-state index is 11.9. The van der Waals surface area contributed by atoms with Crippen LogP contribution in [0.2, 0.25) is 0 Å². The van der Waals surface area contributed by atoms with Gasteiger partial charge in [-0.15, -0.1) is 0 Å². The third kappa shape index (κ3) is 10.5. The van der Waals surface area contributed by atoms with Crippen molar-refractivity contribution in [3.05, 3.63) is 123 Å². The first-order chi connectivity index (χ1) is 23.1. The molecular formula is C38H44O10P2. The van der Waals surface area contributed by atoms with Gasteiger partial charge in [-0.25, -0.2) is 9.13 Å². The minimum absolute atomic E-state index is 0.244. The summed E-state index contributed by atoms with van der Waals surface area (Å²) in [5.41, 5.74) is 15.0. The quantitative estimate of drug-likeness (QED) is 0.0865. The lowest BCUT2D eigenvalue weighted by molar-refractivity contribution is 0.272. The SMILES string of the molecule is Cc1cccc(Oc2c(-c3cccc(C)c3C)cc(O)c(-c3cccc(C)c3C)c2-c2cccc(C)c2C)c1C.O=P(O)(O)O.O=P(O)(O)O. The topological polar surface area (TPSA) is 185 Å². The molecule has 0 spiro atoms. The number of rotatable bonds is 5. The van der Waals surface area contributed by atoms with E-state index in [4.69, 9.17) is 43.2 Å². The van der Waals surface area contributed by atoms with Crippen LogP contribution in [0.25, 0.3) is 33.4 Å². The van der Waals surface area contributed by atoms with Gasteiger partial charge in [-0.3, -0.25) is 0 Å². The predicted molar refractivity (Wildman–Crippen MR) is 197 cm³/mol. The molecule has 7 N–H and O–H groups in total. The van der Waals surface area contributed by atoms with E-state index < -0.39 is 15.6 Å². The molecule has 0 atom stereocenters. The standard InChI is InChI=1S/C38H38O2.2H3O4P/c1-22-13-9-17-30(26(22)5)33-21-34(39)36(31-18-10-14-23(2)27(31)6)37(32-19-11-15-24(3)28(32)7)38(33)40-35-20-12-16-25(4)29(35)8;2*1-5(2,3)4/h9-21,39H,1-8H3;2*(H3,1,2,3,4).